The highest BCUT2D eigenvalue weighted by Crippen LogP contribution is 2.18. The maximum atomic E-state index is 12.4. The van der Waals surface area contributed by atoms with E-state index in [2.05, 4.69) is 20.2 Å². The standard InChI is InChI=1S/C18H15N5OS/c24-17-14-8-4-5-9-15(14)19-12-23(17)10-11-25-18-20-16(21-22-18)13-6-2-1-3-7-13/h1-9,12H,10-11H2,(H,20,21,22). The minimum absolute atomic E-state index is 0.0221. The Kier molecular flexibility index (Phi) is 4.30. The third-order valence-corrected chi connectivity index (χ3v) is 4.63. The number of fused-ring (bicyclic) bond motifs is 1. The molecule has 0 aliphatic carbocycles. The van der Waals surface area contributed by atoms with Crippen molar-refractivity contribution in [1.82, 2.24) is 24.7 Å². The third kappa shape index (κ3) is 3.32. The molecule has 4 aromatic rings. The number of hydrogen-bond acceptors (Lipinski definition) is 5. The highest BCUT2D eigenvalue weighted by atomic mass is 32.2. The Labute approximate surface area is 148 Å². The number of hydrogen-bond donors (Lipinski definition) is 1. The minimum Gasteiger partial charge on any atom is -0.298 e. The number of nitrogens with one attached hydrogen (secondary N) is 1. The van der Waals surface area contributed by atoms with Crippen molar-refractivity contribution in [3.05, 3.63) is 71.3 Å². The molecule has 124 valence electrons. The second-order valence-electron chi connectivity index (χ2n) is 5.44. The van der Waals surface area contributed by atoms with Gasteiger partial charge in [0.2, 0.25) is 5.16 Å². The van der Waals surface area contributed by atoms with Gasteiger partial charge in [0.25, 0.3) is 5.56 Å². The van der Waals surface area contributed by atoms with Crippen molar-refractivity contribution >= 4 is 22.7 Å². The van der Waals surface area contributed by atoms with Crippen molar-refractivity contribution in [3.8, 4) is 11.4 Å². The van der Waals surface area contributed by atoms with E-state index >= 15 is 0 Å². The number of aryl methyl sites for hydroxylation is 1. The summed E-state index contributed by atoms with van der Waals surface area (Å²) in [5.74, 6) is 1.43. The summed E-state index contributed by atoms with van der Waals surface area (Å²) in [6, 6.07) is 17.2. The monoisotopic (exact) mass is 349 g/mol. The van der Waals surface area contributed by atoms with Crippen LogP contribution in [0.3, 0.4) is 0 Å². The highest BCUT2D eigenvalue weighted by Gasteiger charge is 2.07. The summed E-state index contributed by atoms with van der Waals surface area (Å²) in [5.41, 5.74) is 1.70. The van der Waals surface area contributed by atoms with Crippen LogP contribution < -0.4 is 5.56 Å². The lowest BCUT2D eigenvalue weighted by Crippen LogP contribution is -2.21. The molecular weight excluding hydrogens is 334 g/mol. The zero-order chi connectivity index (χ0) is 17.1. The van der Waals surface area contributed by atoms with E-state index in [1.165, 1.54) is 11.8 Å². The fourth-order valence-corrected chi connectivity index (χ4v) is 3.27. The zero-order valence-electron chi connectivity index (χ0n) is 13.3. The van der Waals surface area contributed by atoms with Crippen LogP contribution in [0.25, 0.3) is 22.3 Å². The number of benzene rings is 2. The third-order valence-electron chi connectivity index (χ3n) is 3.81. The van der Waals surface area contributed by atoms with Gasteiger partial charge in [0.15, 0.2) is 5.82 Å². The molecule has 0 fully saturated rings. The Hall–Kier alpha value is -2.93. The molecule has 1 N–H and O–H groups in total. The first-order valence-corrected chi connectivity index (χ1v) is 8.84. The number of H-pyrrole nitrogens is 1. The number of thioether (sulfide) groups is 1. The molecule has 0 atom stereocenters. The lowest BCUT2D eigenvalue weighted by atomic mass is 10.2. The van der Waals surface area contributed by atoms with Gasteiger partial charge in [-0.15, -0.1) is 5.10 Å². The van der Waals surface area contributed by atoms with Crippen LogP contribution in [0.15, 0.2) is 70.9 Å². The van der Waals surface area contributed by atoms with Crippen molar-refractivity contribution < 1.29 is 0 Å². The van der Waals surface area contributed by atoms with Gasteiger partial charge in [0, 0.05) is 17.9 Å². The van der Waals surface area contributed by atoms with Gasteiger partial charge in [0.1, 0.15) is 0 Å². The van der Waals surface area contributed by atoms with Gasteiger partial charge in [0.05, 0.1) is 17.2 Å². The molecule has 0 unspecified atom stereocenters. The smallest absolute Gasteiger partial charge is 0.261 e. The number of rotatable bonds is 5. The minimum atomic E-state index is -0.0221. The van der Waals surface area contributed by atoms with Crippen LogP contribution in [0.5, 0.6) is 0 Å². The summed E-state index contributed by atoms with van der Waals surface area (Å²) in [4.78, 5) is 21.2. The van der Waals surface area contributed by atoms with Gasteiger partial charge in [-0.3, -0.25) is 14.5 Å². The fourth-order valence-electron chi connectivity index (χ4n) is 2.54. The van der Waals surface area contributed by atoms with Crippen molar-refractivity contribution in [1.29, 1.82) is 0 Å². The quantitative estimate of drug-likeness (QED) is 0.561. The lowest BCUT2D eigenvalue weighted by Gasteiger charge is -2.05. The van der Waals surface area contributed by atoms with E-state index in [1.54, 1.807) is 17.0 Å². The molecule has 4 rings (SSSR count). The first-order valence-electron chi connectivity index (χ1n) is 7.86. The van der Waals surface area contributed by atoms with Crippen LogP contribution >= 0.6 is 11.8 Å². The van der Waals surface area contributed by atoms with Crippen molar-refractivity contribution in [3.63, 3.8) is 0 Å². The van der Waals surface area contributed by atoms with E-state index in [-0.39, 0.29) is 5.56 Å². The Bertz CT molecular complexity index is 1060. The molecule has 0 aliphatic heterocycles. The molecular formula is C18H15N5OS. The summed E-state index contributed by atoms with van der Waals surface area (Å²) in [5, 5.41) is 8.47. The van der Waals surface area contributed by atoms with Crippen LogP contribution in [-0.2, 0) is 6.54 Å². The topological polar surface area (TPSA) is 76.5 Å². The summed E-state index contributed by atoms with van der Waals surface area (Å²) in [6.45, 7) is 0.552. The second-order valence-corrected chi connectivity index (χ2v) is 6.50. The van der Waals surface area contributed by atoms with E-state index in [1.807, 2.05) is 48.5 Å². The maximum absolute atomic E-state index is 12.4. The largest absolute Gasteiger partial charge is 0.298 e. The summed E-state index contributed by atoms with van der Waals surface area (Å²) >= 11 is 1.50. The Morgan fingerprint density at radius 2 is 1.84 bits per heavy atom. The molecule has 0 bridgehead atoms. The predicted octanol–water partition coefficient (Wildman–Crippen LogP) is 2.97. The predicted molar refractivity (Wildman–Crippen MR) is 98.5 cm³/mol. The molecule has 0 saturated carbocycles. The van der Waals surface area contributed by atoms with E-state index < -0.39 is 0 Å². The molecule has 7 heteroatoms. The van der Waals surface area contributed by atoms with Gasteiger partial charge in [-0.2, -0.15) is 0 Å². The Morgan fingerprint density at radius 1 is 1.04 bits per heavy atom. The summed E-state index contributed by atoms with van der Waals surface area (Å²) < 4.78 is 1.63. The number of nitrogens with zero attached hydrogens (tertiary/aromatic N) is 4. The molecule has 0 radical (unpaired) electrons. The van der Waals surface area contributed by atoms with E-state index in [4.69, 9.17) is 0 Å². The number of aromatic nitrogens is 5. The lowest BCUT2D eigenvalue weighted by molar-refractivity contribution is 0.724. The van der Waals surface area contributed by atoms with E-state index in [0.717, 1.165) is 16.9 Å². The van der Waals surface area contributed by atoms with Crippen molar-refractivity contribution in [2.75, 3.05) is 5.75 Å². The first-order chi connectivity index (χ1) is 12.3. The van der Waals surface area contributed by atoms with Crippen LogP contribution in [0, 0.1) is 0 Å². The van der Waals surface area contributed by atoms with Crippen LogP contribution in [0.1, 0.15) is 0 Å². The maximum Gasteiger partial charge on any atom is 0.261 e. The molecule has 2 aromatic heterocycles. The van der Waals surface area contributed by atoms with Crippen molar-refractivity contribution in [2.24, 2.45) is 0 Å². The van der Waals surface area contributed by atoms with E-state index in [0.29, 0.717) is 22.8 Å². The molecule has 0 saturated heterocycles. The SMILES string of the molecule is O=c1c2ccccc2ncn1CCSc1n[nH]c(-c2ccccc2)n1. The molecule has 0 aliphatic rings. The molecule has 6 nitrogen and oxygen atoms in total. The van der Waals surface area contributed by atoms with Crippen LogP contribution in [0.2, 0.25) is 0 Å². The fraction of sp³-hybridized carbons (Fsp3) is 0.111. The van der Waals surface area contributed by atoms with Gasteiger partial charge < -0.3 is 0 Å². The number of aromatic amines is 1. The second kappa shape index (κ2) is 6.90. The highest BCUT2D eigenvalue weighted by molar-refractivity contribution is 7.99. The summed E-state index contributed by atoms with van der Waals surface area (Å²) in [7, 11) is 0. The number of para-hydroxylation sites is 1. The summed E-state index contributed by atoms with van der Waals surface area (Å²) in [6.07, 6.45) is 1.60. The Balaban J connectivity index is 1.44. The molecule has 25 heavy (non-hydrogen) atoms. The van der Waals surface area contributed by atoms with E-state index in [9.17, 15) is 4.79 Å². The molecule has 0 spiro atoms. The zero-order valence-corrected chi connectivity index (χ0v) is 14.1. The normalized spacial score (nSPS) is 11.0. The first kappa shape index (κ1) is 15.6. The van der Waals surface area contributed by atoms with Gasteiger partial charge in [-0.1, -0.05) is 54.2 Å². The van der Waals surface area contributed by atoms with Crippen LogP contribution in [0.4, 0.5) is 0 Å². The van der Waals surface area contributed by atoms with Gasteiger partial charge in [-0.05, 0) is 12.1 Å². The molecule has 0 amide bonds. The van der Waals surface area contributed by atoms with Gasteiger partial charge >= 0.3 is 0 Å². The average Bonchev–Trinajstić information content (AvgIpc) is 3.13. The van der Waals surface area contributed by atoms with Gasteiger partial charge in [-0.25, -0.2) is 9.97 Å². The van der Waals surface area contributed by atoms with Crippen LogP contribution in [-0.4, -0.2) is 30.5 Å². The molecule has 2 aromatic carbocycles. The van der Waals surface area contributed by atoms with Crippen molar-refractivity contribution in [2.45, 2.75) is 11.7 Å². The Morgan fingerprint density at radius 3 is 2.72 bits per heavy atom. The average molecular weight is 349 g/mol. The molecule has 2 heterocycles.